The predicted molar refractivity (Wildman–Crippen MR) is 105 cm³/mol. The molecule has 0 aliphatic carbocycles. The van der Waals surface area contributed by atoms with Crippen molar-refractivity contribution >= 4 is 48.0 Å². The largest absolute Gasteiger partial charge is 0.342 e. The number of nitrogens with two attached hydrogens (primary N) is 1. The summed E-state index contributed by atoms with van der Waals surface area (Å²) in [6, 6.07) is 0. The van der Waals surface area contributed by atoms with Crippen molar-refractivity contribution in [3.05, 3.63) is 16.1 Å². The molecule has 0 spiro atoms. The molecule has 0 saturated carbocycles. The van der Waals surface area contributed by atoms with Crippen LogP contribution in [0.5, 0.6) is 0 Å². The number of rotatable bonds is 6. The number of carbonyl (C=O) groups is 2. The summed E-state index contributed by atoms with van der Waals surface area (Å²) in [6.07, 6.45) is 0. The Kier molecular flexibility index (Phi) is 11.2. The third-order valence-electron chi connectivity index (χ3n) is 4.08. The van der Waals surface area contributed by atoms with Crippen LogP contribution in [0.15, 0.2) is 5.38 Å². The molecular weight excluding hydrogens is 385 g/mol. The lowest BCUT2D eigenvalue weighted by Crippen LogP contribution is -2.51. The van der Waals surface area contributed by atoms with Crippen LogP contribution in [0.4, 0.5) is 0 Å². The van der Waals surface area contributed by atoms with E-state index in [-0.39, 0.29) is 36.6 Å². The number of halogens is 2. The highest BCUT2D eigenvalue weighted by Crippen LogP contribution is 2.13. The molecule has 2 N–H and O–H groups in total. The van der Waals surface area contributed by atoms with Crippen LogP contribution in [-0.2, 0) is 11.3 Å². The van der Waals surface area contributed by atoms with E-state index >= 15 is 0 Å². The van der Waals surface area contributed by atoms with Gasteiger partial charge in [0.2, 0.25) is 5.91 Å². The van der Waals surface area contributed by atoms with Gasteiger partial charge in [-0.05, 0) is 13.8 Å². The van der Waals surface area contributed by atoms with Gasteiger partial charge in [0.05, 0.1) is 6.54 Å². The summed E-state index contributed by atoms with van der Waals surface area (Å²) in [6.45, 7) is 8.92. The monoisotopic (exact) mass is 411 g/mol. The second kappa shape index (κ2) is 11.6. The minimum absolute atomic E-state index is 0. The Morgan fingerprint density at radius 1 is 1.20 bits per heavy atom. The van der Waals surface area contributed by atoms with Crippen molar-refractivity contribution in [2.45, 2.75) is 20.4 Å². The molecule has 0 bridgehead atoms. The molecule has 2 heterocycles. The molecule has 7 nitrogen and oxygen atoms in total. The number of thiazole rings is 1. The van der Waals surface area contributed by atoms with Gasteiger partial charge in [-0.2, -0.15) is 0 Å². The van der Waals surface area contributed by atoms with Crippen LogP contribution in [0, 0.1) is 0 Å². The fraction of sp³-hybridized carbons (Fsp3) is 0.667. The van der Waals surface area contributed by atoms with Crippen molar-refractivity contribution < 1.29 is 9.59 Å². The van der Waals surface area contributed by atoms with E-state index in [2.05, 4.69) is 9.88 Å². The van der Waals surface area contributed by atoms with E-state index in [9.17, 15) is 9.59 Å². The molecule has 0 aromatic carbocycles. The van der Waals surface area contributed by atoms with Gasteiger partial charge in [-0.25, -0.2) is 4.98 Å². The molecule has 1 saturated heterocycles. The highest BCUT2D eigenvalue weighted by Gasteiger charge is 2.25. The summed E-state index contributed by atoms with van der Waals surface area (Å²) in [5.74, 6) is 0.109. The number of hydrogen-bond donors (Lipinski definition) is 1. The van der Waals surface area contributed by atoms with Gasteiger partial charge in [0.1, 0.15) is 10.7 Å². The Labute approximate surface area is 165 Å². The van der Waals surface area contributed by atoms with E-state index in [1.807, 2.05) is 18.7 Å². The Morgan fingerprint density at radius 3 is 2.28 bits per heavy atom. The van der Waals surface area contributed by atoms with Crippen LogP contribution in [-0.4, -0.2) is 77.3 Å². The average Bonchev–Trinajstić information content (AvgIpc) is 3.05. The number of aromatic nitrogens is 1. The maximum atomic E-state index is 12.4. The number of nitrogens with zero attached hydrogens (tertiary/aromatic N) is 4. The summed E-state index contributed by atoms with van der Waals surface area (Å²) < 4.78 is 0. The number of piperazine rings is 1. The molecule has 1 aromatic rings. The first-order valence-corrected chi connectivity index (χ1v) is 8.90. The number of hydrogen-bond acceptors (Lipinski definition) is 6. The fourth-order valence-electron chi connectivity index (χ4n) is 2.64. The highest BCUT2D eigenvalue weighted by molar-refractivity contribution is 7.09. The minimum Gasteiger partial charge on any atom is -0.342 e. The molecule has 25 heavy (non-hydrogen) atoms. The lowest BCUT2D eigenvalue weighted by atomic mass is 10.2. The first-order valence-electron chi connectivity index (χ1n) is 8.02. The zero-order valence-electron chi connectivity index (χ0n) is 14.6. The normalized spacial score (nSPS) is 14.4. The Hall–Kier alpha value is -0.930. The molecule has 1 aliphatic rings. The third kappa shape index (κ3) is 6.38. The van der Waals surface area contributed by atoms with Gasteiger partial charge >= 0.3 is 0 Å². The van der Waals surface area contributed by atoms with Gasteiger partial charge < -0.3 is 15.5 Å². The highest BCUT2D eigenvalue weighted by atomic mass is 35.5. The second-order valence-corrected chi connectivity index (χ2v) is 6.41. The molecule has 0 unspecified atom stereocenters. The Bertz CT molecular complexity index is 546. The van der Waals surface area contributed by atoms with Gasteiger partial charge in [0, 0.05) is 51.2 Å². The zero-order chi connectivity index (χ0) is 16.8. The number of likely N-dealkylation sites (N-methyl/N-ethyl adjacent to an activating group) is 1. The Balaban J connectivity index is 0.00000288. The molecule has 1 aromatic heterocycles. The van der Waals surface area contributed by atoms with Gasteiger partial charge in [0.25, 0.3) is 5.91 Å². The summed E-state index contributed by atoms with van der Waals surface area (Å²) in [5, 5.41) is 2.54. The quantitative estimate of drug-likeness (QED) is 0.756. The van der Waals surface area contributed by atoms with E-state index in [0.29, 0.717) is 45.0 Å². The van der Waals surface area contributed by atoms with E-state index in [1.54, 1.807) is 10.3 Å². The molecule has 0 atom stereocenters. The molecule has 10 heteroatoms. The van der Waals surface area contributed by atoms with E-state index < -0.39 is 0 Å². The fourth-order valence-corrected chi connectivity index (χ4v) is 3.29. The van der Waals surface area contributed by atoms with Crippen LogP contribution >= 0.6 is 36.2 Å². The molecule has 0 radical (unpaired) electrons. The lowest BCUT2D eigenvalue weighted by Gasteiger charge is -2.34. The van der Waals surface area contributed by atoms with Gasteiger partial charge in [0.15, 0.2) is 0 Å². The SMILES string of the molecule is CCN(CC)C(=O)CN1CCN(C(=O)c2csc(CN)n2)CC1.Cl.Cl. The zero-order valence-corrected chi connectivity index (χ0v) is 17.1. The topological polar surface area (TPSA) is 82.8 Å². The van der Waals surface area contributed by atoms with Crippen LogP contribution in [0.25, 0.3) is 0 Å². The molecule has 1 aliphatic heterocycles. The molecule has 1 fully saturated rings. The van der Waals surface area contributed by atoms with E-state index in [0.717, 1.165) is 18.1 Å². The smallest absolute Gasteiger partial charge is 0.273 e. The van der Waals surface area contributed by atoms with Crippen molar-refractivity contribution in [2.75, 3.05) is 45.8 Å². The number of carbonyl (C=O) groups excluding carboxylic acids is 2. The van der Waals surface area contributed by atoms with Crippen LogP contribution in [0.3, 0.4) is 0 Å². The van der Waals surface area contributed by atoms with Crippen molar-refractivity contribution in [2.24, 2.45) is 5.73 Å². The van der Waals surface area contributed by atoms with Gasteiger partial charge in [-0.15, -0.1) is 36.2 Å². The summed E-state index contributed by atoms with van der Waals surface area (Å²) in [4.78, 5) is 34.5. The maximum absolute atomic E-state index is 12.4. The molecule has 2 rings (SSSR count). The van der Waals surface area contributed by atoms with E-state index in [4.69, 9.17) is 5.73 Å². The Morgan fingerprint density at radius 2 is 1.80 bits per heavy atom. The third-order valence-corrected chi connectivity index (χ3v) is 4.95. The molecule has 2 amide bonds. The van der Waals surface area contributed by atoms with Crippen molar-refractivity contribution in [3.8, 4) is 0 Å². The van der Waals surface area contributed by atoms with Gasteiger partial charge in [-0.1, -0.05) is 0 Å². The first-order chi connectivity index (χ1) is 11.1. The first kappa shape index (κ1) is 24.1. The van der Waals surface area contributed by atoms with Crippen molar-refractivity contribution in [1.82, 2.24) is 19.7 Å². The van der Waals surface area contributed by atoms with Crippen LogP contribution in [0.1, 0.15) is 29.3 Å². The van der Waals surface area contributed by atoms with Crippen LogP contribution < -0.4 is 5.73 Å². The maximum Gasteiger partial charge on any atom is 0.273 e. The minimum atomic E-state index is -0.0457. The molecular formula is C15H27Cl2N5O2S. The van der Waals surface area contributed by atoms with Crippen molar-refractivity contribution in [1.29, 1.82) is 0 Å². The predicted octanol–water partition coefficient (Wildman–Crippen LogP) is 1.07. The average molecular weight is 412 g/mol. The summed E-state index contributed by atoms with van der Waals surface area (Å²) >= 11 is 1.41. The van der Waals surface area contributed by atoms with Crippen molar-refractivity contribution in [3.63, 3.8) is 0 Å². The molecule has 144 valence electrons. The van der Waals surface area contributed by atoms with Crippen LogP contribution in [0.2, 0.25) is 0 Å². The van der Waals surface area contributed by atoms with Gasteiger partial charge in [-0.3, -0.25) is 14.5 Å². The summed E-state index contributed by atoms with van der Waals surface area (Å²) in [7, 11) is 0. The second-order valence-electron chi connectivity index (χ2n) is 5.46. The number of amides is 2. The standard InChI is InChI=1S/C15H25N5O2S.2ClH/c1-3-19(4-2)14(21)10-18-5-7-20(8-6-18)15(22)12-11-23-13(9-16)17-12;;/h11H,3-10,16H2,1-2H3;2*1H. The lowest BCUT2D eigenvalue weighted by molar-refractivity contribution is -0.132. The summed E-state index contributed by atoms with van der Waals surface area (Å²) in [5.41, 5.74) is 6.01. The van der Waals surface area contributed by atoms with E-state index in [1.165, 1.54) is 11.3 Å².